The molecule has 1 aromatic heterocycles. The molecule has 4 heterocycles. The molecule has 2 fully saturated rings. The Kier molecular flexibility index (Phi) is 8.87. The summed E-state index contributed by atoms with van der Waals surface area (Å²) in [6, 6.07) is 11.9. The van der Waals surface area contributed by atoms with E-state index in [1.165, 1.54) is 28.4 Å². The van der Waals surface area contributed by atoms with Crippen molar-refractivity contribution in [3.63, 3.8) is 0 Å². The van der Waals surface area contributed by atoms with Crippen molar-refractivity contribution in [1.29, 1.82) is 0 Å². The molecule has 2 amide bonds. The minimum Gasteiger partial charge on any atom is -0.493 e. The molecule has 6 rings (SSSR count). The number of para-hydroxylation sites is 1. The Hall–Kier alpha value is -3.52. The van der Waals surface area contributed by atoms with Crippen LogP contribution in [-0.4, -0.2) is 94.1 Å². The van der Waals surface area contributed by atoms with Gasteiger partial charge in [-0.3, -0.25) is 9.69 Å². The van der Waals surface area contributed by atoms with Gasteiger partial charge in [0.1, 0.15) is 16.5 Å². The molecular weight excluding hydrogens is 632 g/mol. The smallest absolute Gasteiger partial charge is 0.411 e. The first kappa shape index (κ1) is 32.4. The number of anilines is 1. The first-order valence-electron chi connectivity index (χ1n) is 15.6. The van der Waals surface area contributed by atoms with Gasteiger partial charge in [0.15, 0.2) is 0 Å². The molecule has 0 spiro atoms. The number of piperidine rings is 1. The van der Waals surface area contributed by atoms with Crippen molar-refractivity contribution in [3.05, 3.63) is 75.2 Å². The third-order valence-corrected chi connectivity index (χ3v) is 12.1. The lowest BCUT2D eigenvalue weighted by Gasteiger charge is -2.42. The Morgan fingerprint density at radius 1 is 1.00 bits per heavy atom. The minimum atomic E-state index is -4.50. The van der Waals surface area contributed by atoms with Crippen molar-refractivity contribution in [2.75, 3.05) is 57.2 Å². The number of rotatable bonds is 7. The zero-order valence-corrected chi connectivity index (χ0v) is 28.1. The third-order valence-electron chi connectivity index (χ3n) is 9.14. The molecule has 13 heteroatoms. The summed E-state index contributed by atoms with van der Waals surface area (Å²) in [5.74, 6) is -1.54. The number of hydrogen-bond donors (Lipinski definition) is 0. The summed E-state index contributed by atoms with van der Waals surface area (Å²) in [7, 11) is -2.38. The van der Waals surface area contributed by atoms with E-state index in [1.54, 1.807) is 45.0 Å². The maximum Gasteiger partial charge on any atom is 0.411 e. The molecule has 0 bridgehead atoms. The summed E-state index contributed by atoms with van der Waals surface area (Å²) < 4.78 is 56.4. The highest BCUT2D eigenvalue weighted by Gasteiger charge is 2.61. The van der Waals surface area contributed by atoms with E-state index in [2.05, 4.69) is 16.8 Å². The highest BCUT2D eigenvalue weighted by molar-refractivity contribution is 7.93. The predicted octanol–water partition coefficient (Wildman–Crippen LogP) is 4.73. The van der Waals surface area contributed by atoms with Crippen LogP contribution in [0.2, 0.25) is 0 Å². The first-order valence-corrected chi connectivity index (χ1v) is 17.8. The molecule has 0 radical (unpaired) electrons. The van der Waals surface area contributed by atoms with Crippen molar-refractivity contribution in [2.24, 2.45) is 0 Å². The fourth-order valence-corrected chi connectivity index (χ4v) is 9.80. The number of carbonyl (C=O) groups is 2. The number of amides is 2. The molecule has 0 saturated carbocycles. The monoisotopic (exact) mass is 670 g/mol. The lowest BCUT2D eigenvalue weighted by Crippen LogP contribution is -2.55. The average Bonchev–Trinajstić information content (AvgIpc) is 3.51. The second-order valence-corrected chi connectivity index (χ2v) is 15.3. The van der Waals surface area contributed by atoms with Gasteiger partial charge in [-0.2, -0.15) is 4.31 Å². The number of piperazine rings is 1. The molecule has 46 heavy (non-hydrogen) atoms. The number of ether oxygens (including phenoxy) is 2. The highest BCUT2D eigenvalue weighted by atomic mass is 32.2. The van der Waals surface area contributed by atoms with Gasteiger partial charge in [0, 0.05) is 47.5 Å². The van der Waals surface area contributed by atoms with Gasteiger partial charge < -0.3 is 19.3 Å². The number of thiophene rings is 1. The predicted molar refractivity (Wildman–Crippen MR) is 173 cm³/mol. The van der Waals surface area contributed by atoms with E-state index in [0.717, 1.165) is 42.9 Å². The number of fused-ring (bicyclic) bond motifs is 1. The quantitative estimate of drug-likeness (QED) is 0.356. The van der Waals surface area contributed by atoms with E-state index < -0.39 is 33.4 Å². The van der Waals surface area contributed by atoms with Crippen LogP contribution in [0, 0.1) is 19.7 Å². The van der Waals surface area contributed by atoms with Crippen LogP contribution in [0.4, 0.5) is 14.9 Å². The van der Waals surface area contributed by atoms with Gasteiger partial charge in [-0.1, -0.05) is 18.2 Å². The van der Waals surface area contributed by atoms with Crippen LogP contribution in [0.5, 0.6) is 5.75 Å². The fraction of sp³-hybridized carbons (Fsp3) is 0.455. The van der Waals surface area contributed by atoms with Crippen molar-refractivity contribution in [2.45, 2.75) is 50.2 Å². The maximum atomic E-state index is 15.1. The first-order chi connectivity index (χ1) is 22.0. The minimum absolute atomic E-state index is 0.0381. The van der Waals surface area contributed by atoms with Crippen LogP contribution in [-0.2, 0) is 25.2 Å². The Labute approximate surface area is 273 Å². The van der Waals surface area contributed by atoms with Gasteiger partial charge in [-0.05, 0) is 84.1 Å². The van der Waals surface area contributed by atoms with E-state index >= 15 is 4.39 Å². The van der Waals surface area contributed by atoms with Crippen molar-refractivity contribution in [1.82, 2.24) is 14.7 Å². The van der Waals surface area contributed by atoms with Crippen molar-refractivity contribution >= 4 is 39.0 Å². The number of nitrogens with zero attached hydrogens (tertiary/aromatic N) is 4. The van der Waals surface area contributed by atoms with Gasteiger partial charge in [-0.15, -0.1) is 11.3 Å². The number of hydrogen-bond acceptors (Lipinski definition) is 9. The zero-order valence-electron chi connectivity index (χ0n) is 26.5. The normalized spacial score (nSPS) is 21.5. The second kappa shape index (κ2) is 12.6. The summed E-state index contributed by atoms with van der Waals surface area (Å²) in [5.41, 5.74) is -2.39. The van der Waals surface area contributed by atoms with Crippen LogP contribution in [0.15, 0.2) is 53.4 Å². The molecule has 3 aliphatic heterocycles. The standard InChI is InChI=1S/C33H39FN4O6S2/c1-5-43-29-9-7-6-8-26(29)33(44-32(40)37-18-16-36(17-19-37)25-12-14-35(4)15-13-25)27-21-24(34)10-11-28(27)38(31(33)39)46(41,42)30-20-22(2)45-23(30)3/h6-11,20-21,25H,5,12-19H2,1-4H3. The van der Waals surface area contributed by atoms with Gasteiger partial charge in [0.05, 0.1) is 17.9 Å². The summed E-state index contributed by atoms with van der Waals surface area (Å²) >= 11 is 1.29. The number of carbonyl (C=O) groups excluding carboxylic acids is 2. The Balaban J connectivity index is 1.42. The molecule has 1 atom stereocenters. The third kappa shape index (κ3) is 5.56. The van der Waals surface area contributed by atoms with E-state index in [1.807, 2.05) is 0 Å². The number of aryl methyl sites for hydroxylation is 2. The molecule has 3 aliphatic rings. The lowest BCUT2D eigenvalue weighted by atomic mass is 9.86. The Bertz CT molecular complexity index is 1750. The summed E-state index contributed by atoms with van der Waals surface area (Å²) in [5, 5.41) is 0. The SMILES string of the molecule is CCOc1ccccc1C1(OC(=O)N2CCN(C3CCN(C)CC3)CC2)C(=O)N(S(=O)(=O)c2cc(C)sc2C)c2ccc(F)cc21. The Morgan fingerprint density at radius 3 is 2.35 bits per heavy atom. The number of likely N-dealkylation sites (tertiary alicyclic amines) is 1. The van der Waals surface area contributed by atoms with Crippen LogP contribution >= 0.6 is 11.3 Å². The van der Waals surface area contributed by atoms with Crippen molar-refractivity contribution in [3.8, 4) is 5.75 Å². The molecular formula is C33H39FN4O6S2. The molecule has 2 saturated heterocycles. The van der Waals surface area contributed by atoms with Crippen LogP contribution in [0.1, 0.15) is 40.6 Å². The second-order valence-electron chi connectivity index (χ2n) is 12.0. The molecule has 0 aliphatic carbocycles. The molecule has 10 nitrogen and oxygen atoms in total. The van der Waals surface area contributed by atoms with Gasteiger partial charge in [0.25, 0.3) is 15.9 Å². The van der Waals surface area contributed by atoms with E-state index in [4.69, 9.17) is 9.47 Å². The van der Waals surface area contributed by atoms with Gasteiger partial charge in [0.2, 0.25) is 5.60 Å². The largest absolute Gasteiger partial charge is 0.493 e. The number of benzene rings is 2. The molecule has 1 unspecified atom stereocenters. The van der Waals surface area contributed by atoms with E-state index in [-0.39, 0.29) is 34.1 Å². The van der Waals surface area contributed by atoms with Gasteiger partial charge in [-0.25, -0.2) is 17.6 Å². The summed E-state index contributed by atoms with van der Waals surface area (Å²) in [6.45, 7) is 9.50. The van der Waals surface area contributed by atoms with E-state index in [0.29, 0.717) is 41.4 Å². The molecule has 0 N–H and O–H groups in total. The molecule has 2 aromatic carbocycles. The zero-order chi connectivity index (χ0) is 32.8. The Morgan fingerprint density at radius 2 is 1.70 bits per heavy atom. The van der Waals surface area contributed by atoms with Crippen LogP contribution in [0.3, 0.4) is 0 Å². The van der Waals surface area contributed by atoms with Crippen molar-refractivity contribution < 1.29 is 31.9 Å². The number of halogens is 1. The summed E-state index contributed by atoms with van der Waals surface area (Å²) in [4.78, 5) is 36.4. The lowest BCUT2D eigenvalue weighted by molar-refractivity contribution is -0.132. The fourth-order valence-electron chi connectivity index (χ4n) is 6.81. The van der Waals surface area contributed by atoms with Crippen LogP contribution < -0.4 is 9.04 Å². The molecule has 246 valence electrons. The van der Waals surface area contributed by atoms with E-state index in [9.17, 15) is 18.0 Å². The highest BCUT2D eigenvalue weighted by Crippen LogP contribution is 2.52. The maximum absolute atomic E-state index is 15.1. The molecule has 3 aromatic rings. The number of sulfonamides is 1. The van der Waals surface area contributed by atoms with Crippen LogP contribution in [0.25, 0.3) is 0 Å². The topological polar surface area (TPSA) is 99.7 Å². The summed E-state index contributed by atoms with van der Waals surface area (Å²) in [6.07, 6.45) is 1.32. The average molecular weight is 671 g/mol. The van der Waals surface area contributed by atoms with Gasteiger partial charge >= 0.3 is 6.09 Å².